The lowest BCUT2D eigenvalue weighted by Gasteiger charge is -2.28. The van der Waals surface area contributed by atoms with Crippen molar-refractivity contribution in [1.82, 2.24) is 5.10 Å². The van der Waals surface area contributed by atoms with E-state index in [2.05, 4.69) is 53.2 Å². The van der Waals surface area contributed by atoms with Crippen LogP contribution < -0.4 is 24.5 Å². The van der Waals surface area contributed by atoms with Gasteiger partial charge in [0.1, 0.15) is 18.5 Å². The summed E-state index contributed by atoms with van der Waals surface area (Å²) in [6.07, 6.45) is 0.604. The van der Waals surface area contributed by atoms with E-state index in [-0.39, 0.29) is 5.91 Å². The minimum Gasteiger partial charge on any atom is -0.748 e. The maximum Gasteiger partial charge on any atom is 0.431 e. The second-order valence-electron chi connectivity index (χ2n) is 8.41. The Labute approximate surface area is 211 Å². The maximum atomic E-state index is 11.7. The van der Waals surface area contributed by atoms with E-state index in [0.29, 0.717) is 40.6 Å². The molecule has 1 aromatic carbocycles. The molecule has 1 aromatic heterocycles. The number of hydrogen-bond donors (Lipinski definition) is 1. The summed E-state index contributed by atoms with van der Waals surface area (Å²) < 4.78 is 34.4. The predicted molar refractivity (Wildman–Crippen MR) is 137 cm³/mol. The summed E-state index contributed by atoms with van der Waals surface area (Å²) >= 11 is 1.47. The molecule has 1 amide bonds. The third kappa shape index (κ3) is 9.74. The largest absolute Gasteiger partial charge is 0.748 e. The van der Waals surface area contributed by atoms with Crippen LogP contribution in [0.4, 0.5) is 27.3 Å². The molecule has 0 atom stereocenters. The Morgan fingerprint density at radius 2 is 1.74 bits per heavy atom. The van der Waals surface area contributed by atoms with Gasteiger partial charge in [-0.15, -0.1) is 4.68 Å². The van der Waals surface area contributed by atoms with E-state index in [4.69, 9.17) is 17.7 Å². The van der Waals surface area contributed by atoms with E-state index in [0.717, 1.165) is 10.8 Å². The zero-order valence-corrected chi connectivity index (χ0v) is 23.5. The van der Waals surface area contributed by atoms with Crippen LogP contribution >= 0.6 is 11.3 Å². The van der Waals surface area contributed by atoms with E-state index in [9.17, 15) is 4.79 Å². The Hall–Kier alpha value is -2.84. The number of nitrogens with zero attached hydrogens (tertiary/aromatic N) is 6. The number of azo groups is 1. The first-order valence-corrected chi connectivity index (χ1v) is 13.3. The molecule has 0 aliphatic heterocycles. The SMILES string of the molecule is COc1cc(N=Nc2sc(N(C(C)C)C(C)C)n[n+]2C)c(NC(C)=O)cc1N(C)C.CS(=O)(=O)[O-]. The molecule has 0 aliphatic carbocycles. The number of ether oxygens (including phenoxy) is 1. The van der Waals surface area contributed by atoms with E-state index in [1.807, 2.05) is 32.1 Å². The fourth-order valence-electron chi connectivity index (χ4n) is 3.11. The van der Waals surface area contributed by atoms with Gasteiger partial charge in [-0.3, -0.25) is 4.79 Å². The number of benzene rings is 1. The summed E-state index contributed by atoms with van der Waals surface area (Å²) in [4.78, 5) is 15.8. The molecule has 1 heterocycles. The number of carbonyl (C=O) groups is 1. The third-order valence-electron chi connectivity index (χ3n) is 4.36. The molecule has 1 N–H and O–H groups in total. The summed E-state index contributed by atoms with van der Waals surface area (Å²) in [5, 5.41) is 17.8. The van der Waals surface area contributed by atoms with Crippen LogP contribution in [0.3, 0.4) is 0 Å². The minimum absolute atomic E-state index is 0.184. The van der Waals surface area contributed by atoms with Crippen LogP contribution in [0.1, 0.15) is 34.6 Å². The van der Waals surface area contributed by atoms with E-state index in [1.165, 1.54) is 18.3 Å². The van der Waals surface area contributed by atoms with Gasteiger partial charge in [0.25, 0.3) is 0 Å². The Morgan fingerprint density at radius 3 is 2.17 bits per heavy atom. The van der Waals surface area contributed by atoms with Gasteiger partial charge in [-0.1, -0.05) is 5.10 Å². The molecule has 0 saturated heterocycles. The van der Waals surface area contributed by atoms with Crippen LogP contribution in [0, 0.1) is 0 Å². The summed E-state index contributed by atoms with van der Waals surface area (Å²) in [6, 6.07) is 4.22. The highest BCUT2D eigenvalue weighted by molar-refractivity contribution is 7.84. The van der Waals surface area contributed by atoms with Crippen LogP contribution in [0.15, 0.2) is 22.4 Å². The molecule has 0 spiro atoms. The normalized spacial score (nSPS) is 11.5. The monoisotopic (exact) mass is 529 g/mol. The van der Waals surface area contributed by atoms with Crippen LogP contribution in [-0.2, 0) is 22.0 Å². The number of aryl methyl sites for hydroxylation is 1. The van der Waals surface area contributed by atoms with Gasteiger partial charge in [0, 0.05) is 45.4 Å². The van der Waals surface area contributed by atoms with Crippen molar-refractivity contribution in [3.05, 3.63) is 12.1 Å². The topological polar surface area (TPSA) is 144 Å². The molecule has 0 unspecified atom stereocenters. The van der Waals surface area contributed by atoms with Crippen molar-refractivity contribution in [3.63, 3.8) is 0 Å². The van der Waals surface area contributed by atoms with Crippen molar-refractivity contribution >= 4 is 54.7 Å². The zero-order chi connectivity index (χ0) is 27.1. The predicted octanol–water partition coefficient (Wildman–Crippen LogP) is 3.20. The first-order chi connectivity index (χ1) is 16.0. The number of amides is 1. The molecule has 0 aliphatic rings. The Balaban J connectivity index is 0.00000111. The number of nitrogens with one attached hydrogen (secondary N) is 1. The van der Waals surface area contributed by atoms with Crippen molar-refractivity contribution < 1.29 is 27.2 Å². The molecule has 2 aromatic rings. The first kappa shape index (κ1) is 30.2. The van der Waals surface area contributed by atoms with Gasteiger partial charge >= 0.3 is 5.13 Å². The summed E-state index contributed by atoms with van der Waals surface area (Å²) in [7, 11) is 3.34. The van der Waals surface area contributed by atoms with Gasteiger partial charge in [-0.2, -0.15) is 0 Å². The van der Waals surface area contributed by atoms with Crippen molar-refractivity contribution in [1.29, 1.82) is 0 Å². The standard InChI is InChI=1S/C20H31N7O2S.CH4O3S/c1-12(2)27(13(3)4)20-24-26(8)19(30-20)23-22-16-11-18(29-9)17(25(6)7)10-15(16)21-14(5)28;1-5(2,3)4/h10-13H,1-9H3;1H3,(H,2,3,4). The van der Waals surface area contributed by atoms with Crippen molar-refractivity contribution in [2.24, 2.45) is 17.3 Å². The maximum absolute atomic E-state index is 11.7. The van der Waals surface area contributed by atoms with Crippen LogP contribution in [0.2, 0.25) is 0 Å². The highest BCUT2D eigenvalue weighted by atomic mass is 32.2. The average Bonchev–Trinajstić information content (AvgIpc) is 3.03. The molecule has 12 nitrogen and oxygen atoms in total. The lowest BCUT2D eigenvalue weighted by atomic mass is 10.2. The fraction of sp³-hybridized carbons (Fsp3) is 0.571. The Bertz CT molecular complexity index is 1130. The summed E-state index contributed by atoms with van der Waals surface area (Å²) in [6.45, 7) is 10.0. The quantitative estimate of drug-likeness (QED) is 0.312. The smallest absolute Gasteiger partial charge is 0.431 e. The van der Waals surface area contributed by atoms with Crippen molar-refractivity contribution in [2.45, 2.75) is 46.7 Å². The van der Waals surface area contributed by atoms with Gasteiger partial charge < -0.3 is 24.4 Å². The fourth-order valence-corrected chi connectivity index (χ4v) is 4.21. The Morgan fingerprint density at radius 1 is 1.20 bits per heavy atom. The number of rotatable bonds is 8. The number of anilines is 3. The van der Waals surface area contributed by atoms with E-state index >= 15 is 0 Å². The molecule has 0 fully saturated rings. The molecule has 2 rings (SSSR count). The molecule has 35 heavy (non-hydrogen) atoms. The first-order valence-electron chi connectivity index (χ1n) is 10.7. The second-order valence-corrected chi connectivity index (χ2v) is 10.7. The molecule has 196 valence electrons. The van der Waals surface area contributed by atoms with Crippen molar-refractivity contribution in [3.8, 4) is 5.75 Å². The number of aromatic nitrogens is 2. The zero-order valence-electron chi connectivity index (χ0n) is 21.9. The Kier molecular flexibility index (Phi) is 11.0. The van der Waals surface area contributed by atoms with Gasteiger partial charge in [-0.25, -0.2) is 8.42 Å². The number of methoxy groups -OCH3 is 1. The third-order valence-corrected chi connectivity index (χ3v) is 5.36. The van der Waals surface area contributed by atoms with Gasteiger partial charge in [0.15, 0.2) is 0 Å². The van der Waals surface area contributed by atoms with Gasteiger partial charge in [0.2, 0.25) is 11.0 Å². The van der Waals surface area contributed by atoms with E-state index in [1.54, 1.807) is 17.9 Å². The van der Waals surface area contributed by atoms with E-state index < -0.39 is 10.1 Å². The lowest BCUT2D eigenvalue weighted by molar-refractivity contribution is -0.712. The van der Waals surface area contributed by atoms with Crippen LogP contribution in [0.5, 0.6) is 5.75 Å². The second kappa shape index (κ2) is 12.7. The number of hydrogen-bond acceptors (Lipinski definition) is 11. The van der Waals surface area contributed by atoms with Crippen LogP contribution in [-0.4, -0.2) is 63.5 Å². The molecular weight excluding hydrogens is 494 g/mol. The highest BCUT2D eigenvalue weighted by Crippen LogP contribution is 2.39. The summed E-state index contributed by atoms with van der Waals surface area (Å²) in [5.41, 5.74) is 1.90. The highest BCUT2D eigenvalue weighted by Gasteiger charge is 2.24. The molecule has 0 bridgehead atoms. The van der Waals surface area contributed by atoms with Gasteiger partial charge in [-0.05, 0) is 50.2 Å². The minimum atomic E-state index is -3.92. The molecular formula is C21H35N7O5S2. The lowest BCUT2D eigenvalue weighted by Crippen LogP contribution is -2.39. The van der Waals surface area contributed by atoms with Crippen molar-refractivity contribution in [2.75, 3.05) is 42.6 Å². The molecule has 0 radical (unpaired) electrons. The van der Waals surface area contributed by atoms with Gasteiger partial charge in [0.05, 0.1) is 33.7 Å². The van der Waals surface area contributed by atoms with Crippen LogP contribution in [0.25, 0.3) is 0 Å². The summed E-state index contributed by atoms with van der Waals surface area (Å²) in [5.74, 6) is 0.458. The number of carbonyl (C=O) groups excluding carboxylic acids is 1. The molecule has 0 saturated carbocycles. The molecule has 14 heteroatoms. The average molecular weight is 530 g/mol.